The molecule has 0 radical (unpaired) electrons. The van der Waals surface area contributed by atoms with Gasteiger partial charge in [0.2, 0.25) is 0 Å². The molecular formula is C11H17NO2. The zero-order valence-electron chi connectivity index (χ0n) is 8.66. The van der Waals surface area contributed by atoms with Crippen molar-refractivity contribution in [3.05, 3.63) is 29.3 Å². The van der Waals surface area contributed by atoms with Gasteiger partial charge in [0.25, 0.3) is 0 Å². The zero-order chi connectivity index (χ0) is 10.6. The minimum Gasteiger partial charge on any atom is -0.496 e. The minimum absolute atomic E-state index is 0.212. The summed E-state index contributed by atoms with van der Waals surface area (Å²) in [5.74, 6) is 0.757. The van der Waals surface area contributed by atoms with Crippen LogP contribution < -0.4 is 10.5 Å². The fourth-order valence-electron chi connectivity index (χ4n) is 1.52. The maximum absolute atomic E-state index is 9.66. The van der Waals surface area contributed by atoms with E-state index in [1.807, 2.05) is 18.2 Å². The Kier molecular flexibility index (Phi) is 3.92. The topological polar surface area (TPSA) is 55.5 Å². The van der Waals surface area contributed by atoms with Crippen LogP contribution in [0.5, 0.6) is 5.75 Å². The molecule has 0 aliphatic rings. The number of hydrogen-bond donors (Lipinski definition) is 2. The summed E-state index contributed by atoms with van der Waals surface area (Å²) >= 11 is 0. The second-order valence-corrected chi connectivity index (χ2v) is 3.14. The standard InChI is InChI=1S/C11H17NO2/c1-3-8-5-4-6-9(10(13)7-12)11(8)14-2/h4-6,10,13H,3,7,12H2,1-2H3. The van der Waals surface area contributed by atoms with E-state index < -0.39 is 6.10 Å². The molecule has 3 nitrogen and oxygen atoms in total. The highest BCUT2D eigenvalue weighted by molar-refractivity contribution is 5.42. The lowest BCUT2D eigenvalue weighted by Gasteiger charge is -2.15. The Hall–Kier alpha value is -1.06. The van der Waals surface area contributed by atoms with Gasteiger partial charge in [0.1, 0.15) is 5.75 Å². The van der Waals surface area contributed by atoms with Crippen molar-refractivity contribution in [2.75, 3.05) is 13.7 Å². The van der Waals surface area contributed by atoms with E-state index in [1.54, 1.807) is 7.11 Å². The molecule has 14 heavy (non-hydrogen) atoms. The van der Waals surface area contributed by atoms with Crippen molar-refractivity contribution in [3.8, 4) is 5.75 Å². The number of aryl methyl sites for hydroxylation is 1. The number of aliphatic hydroxyl groups excluding tert-OH is 1. The number of nitrogens with two attached hydrogens (primary N) is 1. The molecule has 0 heterocycles. The SMILES string of the molecule is CCc1cccc(C(O)CN)c1OC. The van der Waals surface area contributed by atoms with Crippen molar-refractivity contribution in [2.45, 2.75) is 19.4 Å². The summed E-state index contributed by atoms with van der Waals surface area (Å²) in [4.78, 5) is 0. The monoisotopic (exact) mass is 195 g/mol. The number of aliphatic hydroxyl groups is 1. The van der Waals surface area contributed by atoms with E-state index in [2.05, 4.69) is 6.92 Å². The largest absolute Gasteiger partial charge is 0.496 e. The smallest absolute Gasteiger partial charge is 0.127 e. The van der Waals surface area contributed by atoms with Gasteiger partial charge >= 0.3 is 0 Å². The van der Waals surface area contributed by atoms with Gasteiger partial charge in [0.15, 0.2) is 0 Å². The van der Waals surface area contributed by atoms with E-state index >= 15 is 0 Å². The van der Waals surface area contributed by atoms with Crippen LogP contribution in [0.3, 0.4) is 0 Å². The van der Waals surface area contributed by atoms with Gasteiger partial charge in [-0.1, -0.05) is 25.1 Å². The third kappa shape index (κ3) is 2.05. The Labute approximate surface area is 84.5 Å². The van der Waals surface area contributed by atoms with Gasteiger partial charge in [-0.3, -0.25) is 0 Å². The lowest BCUT2D eigenvalue weighted by Crippen LogP contribution is -2.13. The van der Waals surface area contributed by atoms with E-state index in [-0.39, 0.29) is 6.54 Å². The third-order valence-corrected chi connectivity index (χ3v) is 2.29. The molecular weight excluding hydrogens is 178 g/mol. The molecule has 3 N–H and O–H groups in total. The minimum atomic E-state index is -0.642. The molecule has 1 atom stereocenters. The molecule has 0 amide bonds. The van der Waals surface area contributed by atoms with Crippen LogP contribution in [0.15, 0.2) is 18.2 Å². The van der Waals surface area contributed by atoms with Crippen molar-refractivity contribution >= 4 is 0 Å². The molecule has 0 spiro atoms. The van der Waals surface area contributed by atoms with Gasteiger partial charge in [-0.05, 0) is 12.0 Å². The van der Waals surface area contributed by atoms with Gasteiger partial charge in [0.05, 0.1) is 13.2 Å². The molecule has 0 bridgehead atoms. The van der Waals surface area contributed by atoms with Crippen LogP contribution in [-0.4, -0.2) is 18.8 Å². The molecule has 0 saturated carbocycles. The van der Waals surface area contributed by atoms with E-state index in [9.17, 15) is 5.11 Å². The van der Waals surface area contributed by atoms with Crippen molar-refractivity contribution in [1.82, 2.24) is 0 Å². The first-order valence-corrected chi connectivity index (χ1v) is 4.78. The average molecular weight is 195 g/mol. The van der Waals surface area contributed by atoms with Crippen LogP contribution in [0.25, 0.3) is 0 Å². The highest BCUT2D eigenvalue weighted by Gasteiger charge is 2.13. The molecule has 3 heteroatoms. The molecule has 0 fully saturated rings. The second kappa shape index (κ2) is 4.98. The summed E-state index contributed by atoms with van der Waals surface area (Å²) in [5, 5.41) is 9.66. The lowest BCUT2D eigenvalue weighted by atomic mass is 10.0. The first-order chi connectivity index (χ1) is 6.74. The first-order valence-electron chi connectivity index (χ1n) is 4.78. The van der Waals surface area contributed by atoms with Crippen LogP contribution in [0.1, 0.15) is 24.2 Å². The van der Waals surface area contributed by atoms with Crippen molar-refractivity contribution in [1.29, 1.82) is 0 Å². The van der Waals surface area contributed by atoms with Crippen LogP contribution in [-0.2, 0) is 6.42 Å². The predicted molar refractivity (Wildman–Crippen MR) is 56.4 cm³/mol. The molecule has 0 saturated heterocycles. The normalized spacial score (nSPS) is 12.6. The lowest BCUT2D eigenvalue weighted by molar-refractivity contribution is 0.182. The Bertz CT molecular complexity index is 299. The molecule has 1 unspecified atom stereocenters. The van der Waals surface area contributed by atoms with Gasteiger partial charge in [-0.15, -0.1) is 0 Å². The number of benzene rings is 1. The second-order valence-electron chi connectivity index (χ2n) is 3.14. The number of para-hydroxylation sites is 1. The quantitative estimate of drug-likeness (QED) is 0.760. The summed E-state index contributed by atoms with van der Waals surface area (Å²) in [6, 6.07) is 5.75. The van der Waals surface area contributed by atoms with Crippen LogP contribution in [0, 0.1) is 0 Å². The highest BCUT2D eigenvalue weighted by Crippen LogP contribution is 2.28. The van der Waals surface area contributed by atoms with Crippen molar-refractivity contribution < 1.29 is 9.84 Å². The van der Waals surface area contributed by atoms with Crippen molar-refractivity contribution in [3.63, 3.8) is 0 Å². The molecule has 1 aromatic rings. The van der Waals surface area contributed by atoms with E-state index in [0.29, 0.717) is 0 Å². The van der Waals surface area contributed by atoms with Gasteiger partial charge in [0, 0.05) is 12.1 Å². The first kappa shape index (κ1) is 11.0. The predicted octanol–water partition coefficient (Wildman–Crippen LogP) is 1.25. The molecule has 0 aliphatic heterocycles. The maximum Gasteiger partial charge on any atom is 0.127 e. The van der Waals surface area contributed by atoms with Crippen LogP contribution in [0.2, 0.25) is 0 Å². The summed E-state index contributed by atoms with van der Waals surface area (Å²) < 4.78 is 5.27. The van der Waals surface area contributed by atoms with Gasteiger partial charge in [-0.2, -0.15) is 0 Å². The Morgan fingerprint density at radius 1 is 1.50 bits per heavy atom. The fraction of sp³-hybridized carbons (Fsp3) is 0.455. The highest BCUT2D eigenvalue weighted by atomic mass is 16.5. The summed E-state index contributed by atoms with van der Waals surface area (Å²) in [5.41, 5.74) is 7.28. The van der Waals surface area contributed by atoms with Gasteiger partial charge < -0.3 is 15.6 Å². The Balaban J connectivity index is 3.14. The molecule has 0 aromatic heterocycles. The third-order valence-electron chi connectivity index (χ3n) is 2.29. The number of ether oxygens (including phenoxy) is 1. The zero-order valence-corrected chi connectivity index (χ0v) is 8.66. The van der Waals surface area contributed by atoms with E-state index in [4.69, 9.17) is 10.5 Å². The summed E-state index contributed by atoms with van der Waals surface area (Å²) in [7, 11) is 1.61. The van der Waals surface area contributed by atoms with Crippen LogP contribution in [0.4, 0.5) is 0 Å². The molecule has 1 rings (SSSR count). The van der Waals surface area contributed by atoms with Crippen molar-refractivity contribution in [2.24, 2.45) is 5.73 Å². The molecule has 1 aromatic carbocycles. The molecule has 0 aliphatic carbocycles. The van der Waals surface area contributed by atoms with E-state index in [0.717, 1.165) is 23.3 Å². The van der Waals surface area contributed by atoms with Crippen LogP contribution >= 0.6 is 0 Å². The Morgan fingerprint density at radius 3 is 2.71 bits per heavy atom. The number of methoxy groups -OCH3 is 1. The Morgan fingerprint density at radius 2 is 2.21 bits per heavy atom. The maximum atomic E-state index is 9.66. The summed E-state index contributed by atoms with van der Waals surface area (Å²) in [6.07, 6.45) is 0.241. The summed E-state index contributed by atoms with van der Waals surface area (Å²) in [6.45, 7) is 2.26. The fourth-order valence-corrected chi connectivity index (χ4v) is 1.52. The number of rotatable bonds is 4. The average Bonchev–Trinajstić information content (AvgIpc) is 2.26. The van der Waals surface area contributed by atoms with Gasteiger partial charge in [-0.25, -0.2) is 0 Å². The van der Waals surface area contributed by atoms with E-state index in [1.165, 1.54) is 0 Å². The molecule has 78 valence electrons. The number of hydrogen-bond acceptors (Lipinski definition) is 3.